The predicted octanol–water partition coefficient (Wildman–Crippen LogP) is 2.47. The van der Waals surface area contributed by atoms with Gasteiger partial charge < -0.3 is 5.32 Å². The molecular weight excluding hydrogens is 312 g/mol. The molecule has 1 aliphatic heterocycles. The molecule has 1 aromatic carbocycles. The van der Waals surface area contributed by atoms with E-state index < -0.39 is 0 Å². The molecule has 2 heterocycles. The van der Waals surface area contributed by atoms with Crippen molar-refractivity contribution in [2.24, 2.45) is 7.05 Å². The molecule has 1 unspecified atom stereocenters. The van der Waals surface area contributed by atoms with Gasteiger partial charge in [0.1, 0.15) is 5.69 Å². The molecule has 1 N–H and O–H groups in total. The summed E-state index contributed by atoms with van der Waals surface area (Å²) in [4.78, 5) is 14.7. The van der Waals surface area contributed by atoms with Gasteiger partial charge in [-0.1, -0.05) is 23.7 Å². The van der Waals surface area contributed by atoms with Crippen molar-refractivity contribution in [3.8, 4) is 0 Å². The van der Waals surface area contributed by atoms with E-state index >= 15 is 0 Å². The fourth-order valence-corrected chi connectivity index (χ4v) is 3.15. The number of aromatic nitrogens is 2. The Morgan fingerprint density at radius 3 is 2.83 bits per heavy atom. The van der Waals surface area contributed by atoms with Crippen LogP contribution < -0.4 is 5.32 Å². The largest absolute Gasteiger partial charge is 0.347 e. The minimum absolute atomic E-state index is 0.0525. The molecule has 0 bridgehead atoms. The first-order valence-electron chi connectivity index (χ1n) is 7.87. The molecule has 5 nitrogen and oxygen atoms in total. The maximum atomic E-state index is 12.3. The number of nitrogens with zero attached hydrogens (tertiary/aromatic N) is 3. The van der Waals surface area contributed by atoms with Gasteiger partial charge in [0.25, 0.3) is 5.91 Å². The lowest BCUT2D eigenvalue weighted by atomic mass is 10.0. The van der Waals surface area contributed by atoms with Gasteiger partial charge in [-0.25, -0.2) is 0 Å². The maximum absolute atomic E-state index is 12.3. The van der Waals surface area contributed by atoms with E-state index in [-0.39, 0.29) is 11.9 Å². The van der Waals surface area contributed by atoms with E-state index in [1.54, 1.807) is 24.0 Å². The third-order valence-electron chi connectivity index (χ3n) is 4.21. The zero-order valence-electron chi connectivity index (χ0n) is 13.2. The summed E-state index contributed by atoms with van der Waals surface area (Å²) in [6.07, 6.45) is 3.74. The van der Waals surface area contributed by atoms with Crippen LogP contribution in [0.5, 0.6) is 0 Å². The summed E-state index contributed by atoms with van der Waals surface area (Å²) in [5, 5.41) is 7.93. The van der Waals surface area contributed by atoms with Crippen LogP contribution in [0.25, 0.3) is 0 Å². The number of hydrogen-bond acceptors (Lipinski definition) is 3. The molecular formula is C17H21ClN4O. The Labute approximate surface area is 141 Å². The second kappa shape index (κ2) is 7.15. The van der Waals surface area contributed by atoms with E-state index in [9.17, 15) is 4.79 Å². The summed E-state index contributed by atoms with van der Waals surface area (Å²) in [7, 11) is 1.78. The Kier molecular flexibility index (Phi) is 4.98. The molecule has 6 heteroatoms. The van der Waals surface area contributed by atoms with E-state index in [1.165, 1.54) is 5.56 Å². The van der Waals surface area contributed by atoms with Gasteiger partial charge in [-0.2, -0.15) is 5.10 Å². The number of aryl methyl sites for hydroxylation is 1. The summed E-state index contributed by atoms with van der Waals surface area (Å²) >= 11 is 5.93. The van der Waals surface area contributed by atoms with Gasteiger partial charge in [0.05, 0.1) is 0 Å². The summed E-state index contributed by atoms with van der Waals surface area (Å²) < 4.78 is 1.60. The minimum Gasteiger partial charge on any atom is -0.347 e. The standard InChI is InChI=1S/C17H21ClN4O/c1-21-16(8-9-19-21)17(23)20-15-3-2-10-22(12-15)11-13-4-6-14(18)7-5-13/h4-9,15H,2-3,10-12H2,1H3,(H,20,23). The van der Waals surface area contributed by atoms with Crippen LogP contribution in [-0.4, -0.2) is 39.7 Å². The zero-order chi connectivity index (χ0) is 16.2. The average molecular weight is 333 g/mol. The van der Waals surface area contributed by atoms with Crippen LogP contribution in [0.2, 0.25) is 5.02 Å². The van der Waals surface area contributed by atoms with E-state index in [4.69, 9.17) is 11.6 Å². The second-order valence-electron chi connectivity index (χ2n) is 6.01. The van der Waals surface area contributed by atoms with Crippen LogP contribution >= 0.6 is 11.6 Å². The molecule has 0 spiro atoms. The van der Waals surface area contributed by atoms with Gasteiger partial charge in [-0.3, -0.25) is 14.4 Å². The van der Waals surface area contributed by atoms with Crippen molar-refractivity contribution in [3.05, 3.63) is 52.8 Å². The first kappa shape index (κ1) is 16.0. The Bertz CT molecular complexity index is 667. The predicted molar refractivity (Wildman–Crippen MR) is 90.4 cm³/mol. The van der Waals surface area contributed by atoms with Crippen LogP contribution in [-0.2, 0) is 13.6 Å². The van der Waals surface area contributed by atoms with Gasteiger partial charge in [0.2, 0.25) is 0 Å². The van der Waals surface area contributed by atoms with Crippen molar-refractivity contribution in [3.63, 3.8) is 0 Å². The Morgan fingerprint density at radius 1 is 1.35 bits per heavy atom. The third kappa shape index (κ3) is 4.12. The normalized spacial score (nSPS) is 18.8. The summed E-state index contributed by atoms with van der Waals surface area (Å²) in [5.41, 5.74) is 1.84. The SMILES string of the molecule is Cn1nccc1C(=O)NC1CCCN(Cc2ccc(Cl)cc2)C1. The number of halogens is 1. The van der Waals surface area contributed by atoms with Crippen molar-refractivity contribution < 1.29 is 4.79 Å². The van der Waals surface area contributed by atoms with Crippen molar-refractivity contribution in [2.75, 3.05) is 13.1 Å². The number of piperidine rings is 1. The van der Waals surface area contributed by atoms with Gasteiger partial charge in [0, 0.05) is 37.4 Å². The van der Waals surface area contributed by atoms with E-state index in [0.29, 0.717) is 5.69 Å². The van der Waals surface area contributed by atoms with Gasteiger partial charge in [-0.15, -0.1) is 0 Å². The van der Waals surface area contributed by atoms with Gasteiger partial charge in [0.15, 0.2) is 0 Å². The monoisotopic (exact) mass is 332 g/mol. The van der Waals surface area contributed by atoms with Gasteiger partial charge >= 0.3 is 0 Å². The molecule has 3 rings (SSSR count). The highest BCUT2D eigenvalue weighted by molar-refractivity contribution is 6.30. The minimum atomic E-state index is -0.0525. The number of amides is 1. The van der Waals surface area contributed by atoms with E-state index in [1.807, 2.05) is 12.1 Å². The van der Waals surface area contributed by atoms with Crippen molar-refractivity contribution in [1.82, 2.24) is 20.0 Å². The lowest BCUT2D eigenvalue weighted by Crippen LogP contribution is -2.47. The van der Waals surface area contributed by atoms with Crippen LogP contribution in [0.1, 0.15) is 28.9 Å². The van der Waals surface area contributed by atoms with Crippen molar-refractivity contribution >= 4 is 17.5 Å². The number of hydrogen-bond donors (Lipinski definition) is 1. The third-order valence-corrected chi connectivity index (χ3v) is 4.47. The Hall–Kier alpha value is -1.85. The highest BCUT2D eigenvalue weighted by Crippen LogP contribution is 2.16. The fourth-order valence-electron chi connectivity index (χ4n) is 3.02. The second-order valence-corrected chi connectivity index (χ2v) is 6.45. The molecule has 122 valence electrons. The molecule has 0 saturated carbocycles. The van der Waals surface area contributed by atoms with Gasteiger partial charge in [-0.05, 0) is 43.1 Å². The van der Waals surface area contributed by atoms with Crippen LogP contribution in [0.4, 0.5) is 0 Å². The molecule has 1 amide bonds. The first-order valence-corrected chi connectivity index (χ1v) is 8.25. The summed E-state index contributed by atoms with van der Waals surface area (Å²) in [6, 6.07) is 9.87. The molecule has 0 radical (unpaired) electrons. The molecule has 0 aliphatic carbocycles. The molecule has 2 aromatic rings. The number of carbonyl (C=O) groups is 1. The van der Waals surface area contributed by atoms with Crippen molar-refractivity contribution in [2.45, 2.75) is 25.4 Å². The number of carbonyl (C=O) groups excluding carboxylic acids is 1. The molecule has 1 aromatic heterocycles. The number of benzene rings is 1. The number of rotatable bonds is 4. The highest BCUT2D eigenvalue weighted by atomic mass is 35.5. The topological polar surface area (TPSA) is 50.2 Å². The summed E-state index contributed by atoms with van der Waals surface area (Å²) in [6.45, 7) is 2.81. The Balaban J connectivity index is 1.56. The lowest BCUT2D eigenvalue weighted by molar-refractivity contribution is 0.0891. The molecule has 1 saturated heterocycles. The molecule has 1 aliphatic rings. The number of likely N-dealkylation sites (tertiary alicyclic amines) is 1. The molecule has 1 fully saturated rings. The Morgan fingerprint density at radius 2 is 2.13 bits per heavy atom. The fraction of sp³-hybridized carbons (Fsp3) is 0.412. The van der Waals surface area contributed by atoms with E-state index in [0.717, 1.165) is 37.5 Å². The lowest BCUT2D eigenvalue weighted by Gasteiger charge is -2.33. The molecule has 1 atom stereocenters. The smallest absolute Gasteiger partial charge is 0.269 e. The zero-order valence-corrected chi connectivity index (χ0v) is 14.0. The van der Waals surface area contributed by atoms with Crippen LogP contribution in [0.3, 0.4) is 0 Å². The average Bonchev–Trinajstić information content (AvgIpc) is 2.96. The van der Waals surface area contributed by atoms with Crippen LogP contribution in [0.15, 0.2) is 36.5 Å². The molecule has 23 heavy (non-hydrogen) atoms. The van der Waals surface area contributed by atoms with E-state index in [2.05, 4.69) is 27.4 Å². The summed E-state index contributed by atoms with van der Waals surface area (Å²) in [5.74, 6) is -0.0525. The highest BCUT2D eigenvalue weighted by Gasteiger charge is 2.22. The quantitative estimate of drug-likeness (QED) is 0.935. The maximum Gasteiger partial charge on any atom is 0.269 e. The van der Waals surface area contributed by atoms with Crippen LogP contribution in [0, 0.1) is 0 Å². The number of nitrogens with one attached hydrogen (secondary N) is 1. The van der Waals surface area contributed by atoms with Crippen molar-refractivity contribution in [1.29, 1.82) is 0 Å². The first-order chi connectivity index (χ1) is 11.1.